The van der Waals surface area contributed by atoms with Crippen molar-refractivity contribution in [1.82, 2.24) is 15.5 Å². The first-order chi connectivity index (χ1) is 12.1. The van der Waals surface area contributed by atoms with Gasteiger partial charge in [0.2, 0.25) is 11.8 Å². The van der Waals surface area contributed by atoms with Crippen LogP contribution in [0.4, 0.5) is 0 Å². The van der Waals surface area contributed by atoms with Crippen LogP contribution >= 0.6 is 11.6 Å². The summed E-state index contributed by atoms with van der Waals surface area (Å²) in [5, 5.41) is 5.97. The standard InChI is InChI=1S/C18H24ClN3O3/c19-15-6-4-14(5-7-15)18(25)21-10-8-16(23)20-11-9-17(24)22-12-2-1-3-13-22/h4-7H,1-3,8-13H2,(H,20,23)(H,21,25). The zero-order valence-corrected chi connectivity index (χ0v) is 15.0. The lowest BCUT2D eigenvalue weighted by Gasteiger charge is -2.26. The summed E-state index contributed by atoms with van der Waals surface area (Å²) in [6, 6.07) is 6.54. The number of benzene rings is 1. The lowest BCUT2D eigenvalue weighted by Crippen LogP contribution is -2.38. The molecule has 7 heteroatoms. The largest absolute Gasteiger partial charge is 0.356 e. The molecule has 2 N–H and O–H groups in total. The summed E-state index contributed by atoms with van der Waals surface area (Å²) in [4.78, 5) is 37.5. The van der Waals surface area contributed by atoms with E-state index in [0.717, 1.165) is 25.9 Å². The quantitative estimate of drug-likeness (QED) is 0.775. The predicted octanol–water partition coefficient (Wildman–Crippen LogP) is 1.98. The SMILES string of the molecule is O=C(CCNC(=O)c1ccc(Cl)cc1)NCCC(=O)N1CCCCC1. The van der Waals surface area contributed by atoms with E-state index in [4.69, 9.17) is 11.6 Å². The second-order valence-corrected chi connectivity index (χ2v) is 6.49. The highest BCUT2D eigenvalue weighted by Crippen LogP contribution is 2.10. The number of nitrogens with zero attached hydrogens (tertiary/aromatic N) is 1. The Balaban J connectivity index is 1.58. The van der Waals surface area contributed by atoms with Crippen molar-refractivity contribution in [2.24, 2.45) is 0 Å². The summed E-state index contributed by atoms with van der Waals surface area (Å²) in [5.74, 6) is -0.330. The van der Waals surface area contributed by atoms with E-state index in [1.807, 2.05) is 4.90 Å². The second-order valence-electron chi connectivity index (χ2n) is 6.05. The molecule has 136 valence electrons. The van der Waals surface area contributed by atoms with Crippen LogP contribution in [0.1, 0.15) is 42.5 Å². The summed E-state index contributed by atoms with van der Waals surface area (Å²) in [6.45, 7) is 2.22. The Morgan fingerprint density at radius 2 is 1.56 bits per heavy atom. The number of carbonyl (C=O) groups excluding carboxylic acids is 3. The molecule has 0 aliphatic carbocycles. The molecule has 1 heterocycles. The van der Waals surface area contributed by atoms with Gasteiger partial charge in [-0.2, -0.15) is 0 Å². The molecule has 0 spiro atoms. The second kappa shape index (κ2) is 10.0. The van der Waals surface area contributed by atoms with E-state index in [9.17, 15) is 14.4 Å². The monoisotopic (exact) mass is 365 g/mol. The Hall–Kier alpha value is -2.08. The van der Waals surface area contributed by atoms with Gasteiger partial charge in [0.15, 0.2) is 0 Å². The maximum absolute atomic E-state index is 12.0. The molecule has 6 nitrogen and oxygen atoms in total. The minimum absolute atomic E-state index is 0.0936. The number of nitrogens with one attached hydrogen (secondary N) is 2. The predicted molar refractivity (Wildman–Crippen MR) is 96.5 cm³/mol. The molecule has 1 saturated heterocycles. The van der Waals surface area contributed by atoms with Gasteiger partial charge in [0.05, 0.1) is 0 Å². The zero-order valence-electron chi connectivity index (χ0n) is 14.2. The van der Waals surface area contributed by atoms with Crippen LogP contribution in [-0.2, 0) is 9.59 Å². The van der Waals surface area contributed by atoms with Gasteiger partial charge in [-0.05, 0) is 43.5 Å². The summed E-state index contributed by atoms with van der Waals surface area (Å²) >= 11 is 5.77. The summed E-state index contributed by atoms with van der Waals surface area (Å²) in [7, 11) is 0. The molecule has 1 aromatic carbocycles. The summed E-state index contributed by atoms with van der Waals surface area (Å²) < 4.78 is 0. The fourth-order valence-corrected chi connectivity index (χ4v) is 2.82. The average Bonchev–Trinajstić information content (AvgIpc) is 2.63. The van der Waals surface area contributed by atoms with Gasteiger partial charge < -0.3 is 15.5 Å². The van der Waals surface area contributed by atoms with Gasteiger partial charge in [0, 0.05) is 49.6 Å². The number of piperidine rings is 1. The Morgan fingerprint density at radius 1 is 0.920 bits per heavy atom. The highest BCUT2D eigenvalue weighted by Gasteiger charge is 2.16. The van der Waals surface area contributed by atoms with Gasteiger partial charge >= 0.3 is 0 Å². The summed E-state index contributed by atoms with van der Waals surface area (Å²) in [5.41, 5.74) is 0.497. The van der Waals surface area contributed by atoms with Crippen LogP contribution in [-0.4, -0.2) is 48.8 Å². The van der Waals surface area contributed by atoms with E-state index in [1.54, 1.807) is 24.3 Å². The minimum atomic E-state index is -0.246. The van der Waals surface area contributed by atoms with E-state index in [-0.39, 0.29) is 30.7 Å². The number of rotatable bonds is 7. The fourth-order valence-electron chi connectivity index (χ4n) is 2.69. The van der Waals surface area contributed by atoms with Crippen molar-refractivity contribution in [3.8, 4) is 0 Å². The molecule has 0 radical (unpaired) electrons. The van der Waals surface area contributed by atoms with E-state index >= 15 is 0 Å². The van der Waals surface area contributed by atoms with Gasteiger partial charge in [-0.15, -0.1) is 0 Å². The first-order valence-corrected chi connectivity index (χ1v) is 9.02. The van der Waals surface area contributed by atoms with Crippen LogP contribution in [0.25, 0.3) is 0 Å². The zero-order chi connectivity index (χ0) is 18.1. The normalized spacial score (nSPS) is 14.0. The van der Waals surface area contributed by atoms with Crippen molar-refractivity contribution in [3.05, 3.63) is 34.9 Å². The molecule has 0 saturated carbocycles. The lowest BCUT2D eigenvalue weighted by molar-refractivity contribution is -0.132. The Kier molecular flexibility index (Phi) is 7.73. The highest BCUT2D eigenvalue weighted by atomic mass is 35.5. The Labute approximate surface area is 152 Å². The molecule has 1 aliphatic rings. The lowest BCUT2D eigenvalue weighted by atomic mass is 10.1. The topological polar surface area (TPSA) is 78.5 Å². The maximum atomic E-state index is 12.0. The molecule has 3 amide bonds. The van der Waals surface area contributed by atoms with Crippen LogP contribution < -0.4 is 10.6 Å². The number of hydrogen-bond acceptors (Lipinski definition) is 3. The van der Waals surface area contributed by atoms with Gasteiger partial charge in [-0.25, -0.2) is 0 Å². The number of amides is 3. The molecular weight excluding hydrogens is 342 g/mol. The van der Waals surface area contributed by atoms with Gasteiger partial charge in [-0.3, -0.25) is 14.4 Å². The third-order valence-corrected chi connectivity index (χ3v) is 4.37. The molecule has 1 aliphatic heterocycles. The molecule has 0 atom stereocenters. The van der Waals surface area contributed by atoms with Crippen molar-refractivity contribution in [2.75, 3.05) is 26.2 Å². The fraction of sp³-hybridized carbons (Fsp3) is 0.500. The molecule has 0 aromatic heterocycles. The molecule has 25 heavy (non-hydrogen) atoms. The van der Waals surface area contributed by atoms with Gasteiger partial charge in [-0.1, -0.05) is 11.6 Å². The van der Waals surface area contributed by atoms with Crippen LogP contribution in [0, 0.1) is 0 Å². The van der Waals surface area contributed by atoms with Crippen molar-refractivity contribution in [3.63, 3.8) is 0 Å². The van der Waals surface area contributed by atoms with Crippen molar-refractivity contribution < 1.29 is 14.4 Å². The molecule has 0 unspecified atom stereocenters. The van der Waals surface area contributed by atoms with Crippen LogP contribution in [0.2, 0.25) is 5.02 Å². The maximum Gasteiger partial charge on any atom is 0.251 e. The van der Waals surface area contributed by atoms with Crippen molar-refractivity contribution in [2.45, 2.75) is 32.1 Å². The van der Waals surface area contributed by atoms with E-state index in [2.05, 4.69) is 10.6 Å². The van der Waals surface area contributed by atoms with Crippen molar-refractivity contribution >= 4 is 29.3 Å². The third kappa shape index (κ3) is 6.74. The van der Waals surface area contributed by atoms with Crippen LogP contribution in [0.5, 0.6) is 0 Å². The Bertz CT molecular complexity index is 598. The first kappa shape index (κ1) is 19.2. The number of likely N-dealkylation sites (tertiary alicyclic amines) is 1. The van der Waals surface area contributed by atoms with Gasteiger partial charge in [0.25, 0.3) is 5.91 Å². The smallest absolute Gasteiger partial charge is 0.251 e. The number of hydrogen-bond donors (Lipinski definition) is 2. The molecule has 2 rings (SSSR count). The number of halogens is 1. The van der Waals surface area contributed by atoms with Crippen LogP contribution in [0.3, 0.4) is 0 Å². The van der Waals surface area contributed by atoms with Crippen molar-refractivity contribution in [1.29, 1.82) is 0 Å². The molecular formula is C18H24ClN3O3. The van der Waals surface area contributed by atoms with E-state index in [0.29, 0.717) is 23.6 Å². The minimum Gasteiger partial charge on any atom is -0.356 e. The van der Waals surface area contributed by atoms with Crippen LogP contribution in [0.15, 0.2) is 24.3 Å². The summed E-state index contributed by atoms with van der Waals surface area (Å²) in [6.07, 6.45) is 3.80. The average molecular weight is 366 g/mol. The van der Waals surface area contributed by atoms with Gasteiger partial charge in [0.1, 0.15) is 0 Å². The third-order valence-electron chi connectivity index (χ3n) is 4.11. The molecule has 1 aromatic rings. The first-order valence-electron chi connectivity index (χ1n) is 8.64. The Morgan fingerprint density at radius 3 is 2.24 bits per heavy atom. The highest BCUT2D eigenvalue weighted by molar-refractivity contribution is 6.30. The molecule has 1 fully saturated rings. The van der Waals surface area contributed by atoms with E-state index in [1.165, 1.54) is 6.42 Å². The number of carbonyl (C=O) groups is 3. The molecule has 0 bridgehead atoms. The van der Waals surface area contributed by atoms with E-state index < -0.39 is 0 Å².